The summed E-state index contributed by atoms with van der Waals surface area (Å²) >= 11 is 13.9. The minimum atomic E-state index is -4.12. The molecule has 0 unspecified atom stereocenters. The lowest BCUT2D eigenvalue weighted by Crippen LogP contribution is -2.41. The maximum Gasteiger partial charge on any atom is 0.387 e. The Balaban J connectivity index is 1.46. The van der Waals surface area contributed by atoms with Crippen LogP contribution in [0.4, 0.5) is 8.78 Å². The predicted molar refractivity (Wildman–Crippen MR) is 151 cm³/mol. The summed E-state index contributed by atoms with van der Waals surface area (Å²) in [5, 5.41) is -0.951. The Kier molecular flexibility index (Phi) is 9.47. The first-order valence-corrected chi connectivity index (χ1v) is 16.1. The number of ether oxygens (including phenoxy) is 3. The number of sulfonamides is 1. The molecule has 5 rings (SSSR count). The van der Waals surface area contributed by atoms with Gasteiger partial charge in [-0.3, -0.25) is 4.98 Å². The van der Waals surface area contributed by atoms with E-state index in [4.69, 9.17) is 32.7 Å². The lowest BCUT2D eigenvalue weighted by Gasteiger charge is -2.25. The Morgan fingerprint density at radius 3 is 2.57 bits per heavy atom. The van der Waals surface area contributed by atoms with E-state index in [0.717, 1.165) is 28.9 Å². The molecule has 42 heavy (non-hydrogen) atoms. The van der Waals surface area contributed by atoms with Crippen molar-refractivity contribution in [2.45, 2.75) is 42.5 Å². The Morgan fingerprint density at radius 2 is 1.93 bits per heavy atom. The third-order valence-electron chi connectivity index (χ3n) is 6.69. The first-order valence-electron chi connectivity index (χ1n) is 12.8. The molecule has 1 saturated heterocycles. The van der Waals surface area contributed by atoms with E-state index in [-0.39, 0.29) is 39.7 Å². The number of aryl methyl sites for hydroxylation is 1. The minimum Gasteiger partial charge on any atom is -0.489 e. The van der Waals surface area contributed by atoms with Gasteiger partial charge in [0.2, 0.25) is 5.16 Å². The molecule has 1 aliphatic heterocycles. The number of nitrogens with zero attached hydrogens (tertiary/aromatic N) is 4. The van der Waals surface area contributed by atoms with Crippen LogP contribution in [0.3, 0.4) is 0 Å². The molecule has 0 spiro atoms. The van der Waals surface area contributed by atoms with Crippen molar-refractivity contribution < 1.29 is 36.2 Å². The number of halogens is 4. The van der Waals surface area contributed by atoms with Crippen LogP contribution in [0.2, 0.25) is 10.0 Å². The second-order valence-electron chi connectivity index (χ2n) is 9.71. The number of alkyl halides is 2. The maximum atomic E-state index is 13.6. The molecule has 1 aromatic carbocycles. The fourth-order valence-electron chi connectivity index (χ4n) is 4.36. The number of carbonyl (C=O) groups excluding carboxylic acids is 1. The molecule has 2 fully saturated rings. The van der Waals surface area contributed by atoms with Crippen LogP contribution < -0.4 is 9.47 Å². The molecule has 0 radical (unpaired) electrons. The van der Waals surface area contributed by atoms with E-state index in [0.29, 0.717) is 29.4 Å². The first kappa shape index (κ1) is 30.8. The van der Waals surface area contributed by atoms with Crippen LogP contribution in [-0.2, 0) is 33.0 Å². The molecule has 1 saturated carbocycles. The molecule has 3 heterocycles. The number of carbonyl (C=O) groups is 1. The van der Waals surface area contributed by atoms with E-state index < -0.39 is 34.1 Å². The fourth-order valence-corrected chi connectivity index (χ4v) is 8.00. The van der Waals surface area contributed by atoms with Gasteiger partial charge in [0.1, 0.15) is 6.10 Å². The van der Waals surface area contributed by atoms with Gasteiger partial charge < -0.3 is 18.8 Å². The van der Waals surface area contributed by atoms with Crippen LogP contribution in [0, 0.1) is 5.92 Å². The zero-order valence-corrected chi connectivity index (χ0v) is 25.3. The number of aromatic nitrogens is 3. The zero-order chi connectivity index (χ0) is 30.0. The fraction of sp³-hybridized carbons (Fsp3) is 0.423. The third kappa shape index (κ3) is 6.94. The summed E-state index contributed by atoms with van der Waals surface area (Å²) in [4.78, 5) is 21.5. The van der Waals surface area contributed by atoms with Gasteiger partial charge in [-0.15, -0.1) is 11.8 Å². The smallest absolute Gasteiger partial charge is 0.387 e. The van der Waals surface area contributed by atoms with Crippen LogP contribution in [0.25, 0.3) is 0 Å². The lowest BCUT2D eigenvalue weighted by atomic mass is 10.0. The molecule has 3 aromatic rings. The molecule has 0 amide bonds. The molecule has 1 aliphatic carbocycles. The van der Waals surface area contributed by atoms with Crippen LogP contribution in [0.15, 0.2) is 48.1 Å². The van der Waals surface area contributed by atoms with Crippen molar-refractivity contribution in [3.8, 4) is 11.5 Å². The normalized spacial score (nSPS) is 18.3. The third-order valence-corrected chi connectivity index (χ3v) is 10.5. The second kappa shape index (κ2) is 12.9. The molecule has 0 bridgehead atoms. The summed E-state index contributed by atoms with van der Waals surface area (Å²) in [6, 6.07) is 4.24. The molecule has 0 N–H and O–H groups in total. The Bertz CT molecular complexity index is 1540. The number of pyridine rings is 1. The molecule has 226 valence electrons. The molecule has 16 heteroatoms. The number of thioether (sulfide) groups is 1. The first-order chi connectivity index (χ1) is 20.0. The Hall–Kier alpha value is -2.65. The van der Waals surface area contributed by atoms with Crippen LogP contribution in [0.1, 0.15) is 30.1 Å². The average Bonchev–Trinajstić information content (AvgIpc) is 3.42. The van der Waals surface area contributed by atoms with Gasteiger partial charge in [-0.1, -0.05) is 29.3 Å². The maximum absolute atomic E-state index is 13.6. The lowest BCUT2D eigenvalue weighted by molar-refractivity contribution is -0.150. The van der Waals surface area contributed by atoms with E-state index in [1.807, 2.05) is 0 Å². The zero-order valence-electron chi connectivity index (χ0n) is 22.2. The van der Waals surface area contributed by atoms with Gasteiger partial charge in [0.15, 0.2) is 16.9 Å². The monoisotopic (exact) mass is 662 g/mol. The molecule has 10 nitrogen and oxygen atoms in total. The highest BCUT2D eigenvalue weighted by Crippen LogP contribution is 2.39. The number of benzene rings is 1. The van der Waals surface area contributed by atoms with Crippen LogP contribution in [0.5, 0.6) is 11.5 Å². The van der Waals surface area contributed by atoms with Crippen molar-refractivity contribution in [3.05, 3.63) is 64.2 Å². The SMILES string of the molecule is Cn1ccnc1S(=O)(=O)N1CCS[C@H]1C(=O)O[C@@H](Cc1c(Cl)cncc1Cl)c1ccc(OC(F)F)c(OCC2CC2)c1. The number of hydrogen-bond acceptors (Lipinski definition) is 9. The number of esters is 1. The van der Waals surface area contributed by atoms with Gasteiger partial charge in [0, 0.05) is 50.6 Å². The summed E-state index contributed by atoms with van der Waals surface area (Å²) in [5.41, 5.74) is 0.803. The molecule has 2 aromatic heterocycles. The van der Waals surface area contributed by atoms with E-state index in [1.165, 1.54) is 47.6 Å². The minimum absolute atomic E-state index is 0.0213. The van der Waals surface area contributed by atoms with Crippen molar-refractivity contribution in [2.24, 2.45) is 13.0 Å². The number of rotatable bonds is 12. The van der Waals surface area contributed by atoms with E-state index in [1.54, 1.807) is 7.05 Å². The van der Waals surface area contributed by atoms with Crippen LogP contribution in [-0.4, -0.2) is 64.1 Å². The molecule has 2 aliphatic rings. The highest BCUT2D eigenvalue weighted by Gasteiger charge is 2.43. The highest BCUT2D eigenvalue weighted by molar-refractivity contribution is 8.02. The van der Waals surface area contributed by atoms with Gasteiger partial charge in [-0.2, -0.15) is 13.1 Å². The summed E-state index contributed by atoms with van der Waals surface area (Å²) in [5.74, 6) is -0.258. The predicted octanol–water partition coefficient (Wildman–Crippen LogP) is 5.10. The van der Waals surface area contributed by atoms with E-state index >= 15 is 0 Å². The largest absolute Gasteiger partial charge is 0.489 e. The van der Waals surface area contributed by atoms with Crippen molar-refractivity contribution in [1.29, 1.82) is 0 Å². The molecular formula is C26H26Cl2F2N4O6S2. The summed E-state index contributed by atoms with van der Waals surface area (Å²) in [7, 11) is -2.58. The molecular weight excluding hydrogens is 637 g/mol. The van der Waals surface area contributed by atoms with Crippen molar-refractivity contribution in [1.82, 2.24) is 18.8 Å². The standard InChI is InChI=1S/C26H26Cl2F2N4O6S2/c1-33-7-6-32-26(33)42(36,37)34-8-9-41-23(34)24(35)39-21(11-17-18(27)12-31-13-19(17)28)16-4-5-20(40-25(29)30)22(10-16)38-14-15-2-3-15/h4-7,10,12-13,15,21,23,25H,2-3,8-9,11,14H2,1H3/t21-,23-/m0/s1. The number of imidazole rings is 1. The van der Waals surface area contributed by atoms with Crippen LogP contribution >= 0.6 is 35.0 Å². The van der Waals surface area contributed by atoms with Gasteiger partial charge in [-0.25, -0.2) is 18.2 Å². The Morgan fingerprint density at radius 1 is 1.19 bits per heavy atom. The summed E-state index contributed by atoms with van der Waals surface area (Å²) in [6.45, 7) is -2.69. The van der Waals surface area contributed by atoms with Crippen molar-refractivity contribution in [3.63, 3.8) is 0 Å². The summed E-state index contributed by atoms with van der Waals surface area (Å²) in [6.07, 6.45) is 6.49. The van der Waals surface area contributed by atoms with Crippen molar-refractivity contribution in [2.75, 3.05) is 18.9 Å². The quantitative estimate of drug-likeness (QED) is 0.244. The topological polar surface area (TPSA) is 113 Å². The molecule has 2 atom stereocenters. The van der Waals surface area contributed by atoms with Crippen molar-refractivity contribution >= 4 is 51.0 Å². The average molecular weight is 664 g/mol. The van der Waals surface area contributed by atoms with Gasteiger partial charge in [-0.05, 0) is 42.0 Å². The summed E-state index contributed by atoms with van der Waals surface area (Å²) < 4.78 is 71.7. The van der Waals surface area contributed by atoms with Gasteiger partial charge in [0.05, 0.1) is 16.7 Å². The highest BCUT2D eigenvalue weighted by atomic mass is 35.5. The second-order valence-corrected chi connectivity index (χ2v) is 13.5. The Labute approximate surface area is 255 Å². The van der Waals surface area contributed by atoms with E-state index in [9.17, 15) is 22.0 Å². The van der Waals surface area contributed by atoms with E-state index in [2.05, 4.69) is 14.7 Å². The number of hydrogen-bond donors (Lipinski definition) is 0. The van der Waals surface area contributed by atoms with Gasteiger partial charge >= 0.3 is 12.6 Å². The van der Waals surface area contributed by atoms with Gasteiger partial charge in [0.25, 0.3) is 10.0 Å².